The fourth-order valence-corrected chi connectivity index (χ4v) is 4.04. The van der Waals surface area contributed by atoms with E-state index < -0.39 is 4.92 Å². The Labute approximate surface area is 176 Å². The predicted octanol–water partition coefficient (Wildman–Crippen LogP) is 4.33. The van der Waals surface area contributed by atoms with Gasteiger partial charge in [-0.3, -0.25) is 19.8 Å². The molecule has 2 aromatic carbocycles. The number of halogens is 2. The summed E-state index contributed by atoms with van der Waals surface area (Å²) in [5.74, 6) is 0. The van der Waals surface area contributed by atoms with Crippen molar-refractivity contribution in [3.63, 3.8) is 0 Å². The molecule has 1 aliphatic heterocycles. The summed E-state index contributed by atoms with van der Waals surface area (Å²) in [6.45, 7) is 3.49. The van der Waals surface area contributed by atoms with Gasteiger partial charge in [0.15, 0.2) is 11.0 Å². The Morgan fingerprint density at radius 3 is 2.41 bits per heavy atom. The highest BCUT2D eigenvalue weighted by atomic mass is 35.5. The molecule has 1 aliphatic rings. The first-order valence-electron chi connectivity index (χ1n) is 9.03. The number of rotatable bonds is 4. The molecule has 0 bridgehead atoms. The summed E-state index contributed by atoms with van der Waals surface area (Å²) in [6.07, 6.45) is 1.47. The van der Waals surface area contributed by atoms with Crippen molar-refractivity contribution in [2.45, 2.75) is 6.54 Å². The van der Waals surface area contributed by atoms with Gasteiger partial charge in [0.25, 0.3) is 5.69 Å². The van der Waals surface area contributed by atoms with Crippen LogP contribution in [0.15, 0.2) is 51.9 Å². The maximum Gasteiger partial charge on any atom is 0.269 e. The lowest BCUT2D eigenvalue weighted by Crippen LogP contribution is -2.46. The van der Waals surface area contributed by atoms with Gasteiger partial charge in [-0.2, -0.15) is 0 Å². The second-order valence-electron chi connectivity index (χ2n) is 6.89. The largest absolute Gasteiger partial charge is 0.462 e. The van der Waals surface area contributed by atoms with Crippen LogP contribution in [0, 0.1) is 10.1 Å². The van der Waals surface area contributed by atoms with E-state index in [0.29, 0.717) is 33.1 Å². The van der Waals surface area contributed by atoms with Gasteiger partial charge >= 0.3 is 0 Å². The van der Waals surface area contributed by atoms with Crippen molar-refractivity contribution in [2.24, 2.45) is 0 Å². The van der Waals surface area contributed by atoms with Gasteiger partial charge in [0.05, 0.1) is 21.6 Å². The Hall–Kier alpha value is -2.61. The van der Waals surface area contributed by atoms with E-state index in [1.807, 2.05) is 0 Å². The van der Waals surface area contributed by atoms with Gasteiger partial charge in [-0.15, -0.1) is 0 Å². The monoisotopic (exact) mass is 433 g/mol. The maximum absolute atomic E-state index is 12.8. The first-order valence-corrected chi connectivity index (χ1v) is 9.79. The van der Waals surface area contributed by atoms with Crippen molar-refractivity contribution in [3.8, 4) is 0 Å². The number of nitro benzene ring substituents is 1. The van der Waals surface area contributed by atoms with E-state index in [1.165, 1.54) is 18.4 Å². The van der Waals surface area contributed by atoms with Crippen molar-refractivity contribution in [2.75, 3.05) is 31.1 Å². The molecule has 1 saturated heterocycles. The summed E-state index contributed by atoms with van der Waals surface area (Å²) < 4.78 is 5.59. The summed E-state index contributed by atoms with van der Waals surface area (Å²) in [5.41, 5.74) is 1.79. The van der Waals surface area contributed by atoms with Crippen molar-refractivity contribution in [1.29, 1.82) is 0 Å². The molecule has 0 aliphatic carbocycles. The molecular weight excluding hydrogens is 417 g/mol. The van der Waals surface area contributed by atoms with E-state index in [0.717, 1.165) is 31.9 Å². The van der Waals surface area contributed by atoms with E-state index in [4.69, 9.17) is 27.6 Å². The van der Waals surface area contributed by atoms with Crippen LogP contribution < -0.4 is 10.3 Å². The van der Waals surface area contributed by atoms with Crippen molar-refractivity contribution in [1.82, 2.24) is 4.90 Å². The van der Waals surface area contributed by atoms with Gasteiger partial charge in [0.1, 0.15) is 0 Å². The molecule has 7 nitrogen and oxygen atoms in total. The third kappa shape index (κ3) is 4.07. The molecule has 0 unspecified atom stereocenters. The van der Waals surface area contributed by atoms with Gasteiger partial charge in [0.2, 0.25) is 0 Å². The van der Waals surface area contributed by atoms with Crippen molar-refractivity contribution >= 4 is 45.5 Å². The first-order chi connectivity index (χ1) is 13.9. The number of hydrogen-bond donors (Lipinski definition) is 0. The molecule has 1 fully saturated rings. The Balaban J connectivity index is 1.45. The van der Waals surface area contributed by atoms with Crippen LogP contribution in [0.25, 0.3) is 11.0 Å². The average molecular weight is 434 g/mol. The zero-order valence-corrected chi connectivity index (χ0v) is 16.8. The Kier molecular flexibility index (Phi) is 5.45. The molecule has 9 heteroatoms. The second-order valence-corrected chi connectivity index (χ2v) is 7.73. The summed E-state index contributed by atoms with van der Waals surface area (Å²) >= 11 is 12.1. The minimum absolute atomic E-state index is 0.0793. The highest BCUT2D eigenvalue weighted by molar-refractivity contribution is 6.38. The summed E-state index contributed by atoms with van der Waals surface area (Å²) in [4.78, 5) is 27.5. The van der Waals surface area contributed by atoms with Crippen molar-refractivity contribution < 1.29 is 9.34 Å². The van der Waals surface area contributed by atoms with Crippen LogP contribution in [-0.2, 0) is 6.54 Å². The van der Waals surface area contributed by atoms with Gasteiger partial charge in [-0.25, -0.2) is 0 Å². The van der Waals surface area contributed by atoms with Gasteiger partial charge < -0.3 is 9.32 Å². The highest BCUT2D eigenvalue weighted by Crippen LogP contribution is 2.27. The van der Waals surface area contributed by atoms with E-state index >= 15 is 0 Å². The van der Waals surface area contributed by atoms with Gasteiger partial charge in [-0.05, 0) is 24.3 Å². The third-order valence-corrected chi connectivity index (χ3v) is 5.55. The Bertz CT molecular complexity index is 1120. The van der Waals surface area contributed by atoms with Crippen LogP contribution in [0.5, 0.6) is 0 Å². The average Bonchev–Trinajstić information content (AvgIpc) is 2.71. The molecular formula is C20H17Cl2N3O4. The lowest BCUT2D eigenvalue weighted by Gasteiger charge is -2.35. The molecule has 29 heavy (non-hydrogen) atoms. The fourth-order valence-electron chi connectivity index (χ4n) is 3.50. The van der Waals surface area contributed by atoms with Crippen LogP contribution in [0.4, 0.5) is 11.4 Å². The van der Waals surface area contributed by atoms with Gasteiger partial charge in [0, 0.05) is 61.1 Å². The number of anilines is 1. The first kappa shape index (κ1) is 19.7. The SMILES string of the molecule is O=c1c(CN2CCN(c3ccc([N+](=O)[O-])cc3)CC2)coc2c(Cl)cc(Cl)cc12. The zero-order chi connectivity index (χ0) is 20.5. The lowest BCUT2D eigenvalue weighted by molar-refractivity contribution is -0.384. The number of fused-ring (bicyclic) bond motifs is 1. The number of nitrogens with zero attached hydrogens (tertiary/aromatic N) is 3. The lowest BCUT2D eigenvalue weighted by atomic mass is 10.1. The summed E-state index contributed by atoms with van der Waals surface area (Å²) in [6, 6.07) is 9.67. The van der Waals surface area contributed by atoms with Crippen LogP contribution in [-0.4, -0.2) is 36.0 Å². The highest BCUT2D eigenvalue weighted by Gasteiger charge is 2.20. The molecule has 4 rings (SSSR count). The smallest absolute Gasteiger partial charge is 0.269 e. The minimum Gasteiger partial charge on any atom is -0.462 e. The number of non-ortho nitro benzene ring substituents is 1. The standard InChI is InChI=1S/C20H17Cl2N3O4/c21-14-9-17-19(26)13(12-29-20(17)18(22)10-14)11-23-5-7-24(8-6-23)15-1-3-16(4-2-15)25(27)28/h1-4,9-10,12H,5-8,11H2. The van der Waals surface area contributed by atoms with Crippen LogP contribution in [0.2, 0.25) is 10.0 Å². The number of hydrogen-bond acceptors (Lipinski definition) is 6. The fraction of sp³-hybridized carbons (Fsp3) is 0.250. The topological polar surface area (TPSA) is 79.8 Å². The molecule has 150 valence electrons. The van der Waals surface area contributed by atoms with Crippen LogP contribution in [0.1, 0.15) is 5.56 Å². The molecule has 0 N–H and O–H groups in total. The molecule has 0 spiro atoms. The molecule has 0 saturated carbocycles. The molecule has 3 aromatic rings. The summed E-state index contributed by atoms with van der Waals surface area (Å²) in [7, 11) is 0. The minimum atomic E-state index is -0.406. The zero-order valence-electron chi connectivity index (χ0n) is 15.3. The van der Waals surface area contributed by atoms with Gasteiger partial charge in [-0.1, -0.05) is 23.2 Å². The second kappa shape index (κ2) is 8.02. The number of nitro groups is 1. The number of benzene rings is 2. The Morgan fingerprint density at radius 2 is 1.76 bits per heavy atom. The predicted molar refractivity (Wildman–Crippen MR) is 113 cm³/mol. The molecule has 1 aromatic heterocycles. The third-order valence-electron chi connectivity index (χ3n) is 5.06. The quantitative estimate of drug-likeness (QED) is 0.449. The molecule has 2 heterocycles. The van der Waals surface area contributed by atoms with Crippen molar-refractivity contribution in [3.05, 3.63) is 78.6 Å². The van der Waals surface area contributed by atoms with Crippen LogP contribution in [0.3, 0.4) is 0 Å². The van der Waals surface area contributed by atoms with E-state index in [-0.39, 0.29) is 11.1 Å². The molecule has 0 radical (unpaired) electrons. The molecule has 0 amide bonds. The van der Waals surface area contributed by atoms with E-state index in [1.54, 1.807) is 24.3 Å². The van der Waals surface area contributed by atoms with Crippen LogP contribution >= 0.6 is 23.2 Å². The summed E-state index contributed by atoms with van der Waals surface area (Å²) in [5, 5.41) is 11.9. The Morgan fingerprint density at radius 1 is 1.07 bits per heavy atom. The maximum atomic E-state index is 12.8. The normalized spacial score (nSPS) is 15.0. The van der Waals surface area contributed by atoms with E-state index in [2.05, 4.69) is 9.80 Å². The molecule has 0 atom stereocenters. The number of piperazine rings is 1. The van der Waals surface area contributed by atoms with E-state index in [9.17, 15) is 14.9 Å².